The largest absolute Gasteiger partial charge is 0.444 e. The molecule has 1 unspecified atom stereocenters. The summed E-state index contributed by atoms with van der Waals surface area (Å²) in [6, 6.07) is 10.2. The molecule has 0 spiro atoms. The van der Waals surface area contributed by atoms with Crippen molar-refractivity contribution in [1.82, 2.24) is 30.3 Å². The summed E-state index contributed by atoms with van der Waals surface area (Å²) in [5.74, 6) is 2.37. The van der Waals surface area contributed by atoms with Crippen LogP contribution in [-0.2, 0) is 24.9 Å². The average Bonchev–Trinajstić information content (AvgIpc) is 3.07. The van der Waals surface area contributed by atoms with Crippen molar-refractivity contribution >= 4 is 12.1 Å². The normalized spacial score (nSPS) is 17.2. The van der Waals surface area contributed by atoms with E-state index in [1.165, 1.54) is 0 Å². The van der Waals surface area contributed by atoms with Gasteiger partial charge in [-0.1, -0.05) is 30.3 Å². The summed E-state index contributed by atoms with van der Waals surface area (Å²) in [5, 5.41) is 15.2. The van der Waals surface area contributed by atoms with Gasteiger partial charge in [0.2, 0.25) is 0 Å². The van der Waals surface area contributed by atoms with Crippen molar-refractivity contribution in [1.29, 1.82) is 0 Å². The van der Waals surface area contributed by atoms with Crippen LogP contribution in [0.3, 0.4) is 0 Å². The van der Waals surface area contributed by atoms with E-state index in [-0.39, 0.29) is 12.1 Å². The fourth-order valence-corrected chi connectivity index (χ4v) is 3.45. The summed E-state index contributed by atoms with van der Waals surface area (Å²) >= 11 is 0. The monoisotopic (exact) mass is 441 g/mol. The predicted molar refractivity (Wildman–Crippen MR) is 124 cm³/mol. The third-order valence-electron chi connectivity index (χ3n) is 5.27. The number of aliphatic imine (C=N–C) groups is 1. The first-order valence-corrected chi connectivity index (χ1v) is 11.1. The van der Waals surface area contributed by atoms with Gasteiger partial charge < -0.3 is 24.8 Å². The van der Waals surface area contributed by atoms with Gasteiger partial charge >= 0.3 is 6.09 Å². The molecule has 0 saturated carbocycles. The lowest BCUT2D eigenvalue weighted by Crippen LogP contribution is -2.53. The Morgan fingerprint density at radius 2 is 2.00 bits per heavy atom. The molecule has 0 aliphatic carbocycles. The number of aryl methyl sites for hydroxylation is 1. The number of piperidine rings is 1. The minimum absolute atomic E-state index is 0.0829. The average molecular weight is 442 g/mol. The predicted octanol–water partition coefficient (Wildman–Crippen LogP) is 2.76. The van der Waals surface area contributed by atoms with Crippen molar-refractivity contribution in [3.63, 3.8) is 0 Å². The highest BCUT2D eigenvalue weighted by molar-refractivity contribution is 5.80. The lowest BCUT2D eigenvalue weighted by molar-refractivity contribution is 0.0193. The molecule has 1 atom stereocenters. The van der Waals surface area contributed by atoms with E-state index in [2.05, 4.69) is 33.0 Å². The highest BCUT2D eigenvalue weighted by atomic mass is 16.6. The second-order valence-corrected chi connectivity index (χ2v) is 9.14. The smallest absolute Gasteiger partial charge is 0.410 e. The number of likely N-dealkylation sites (tertiary alicyclic amines) is 1. The zero-order valence-electron chi connectivity index (χ0n) is 19.8. The number of nitrogens with zero attached hydrogens (tertiary/aromatic N) is 5. The Bertz CT molecular complexity index is 918. The molecular formula is C23H35N7O2. The standard InChI is InChI=1S/C23H35N7O2/c1-17-27-28-20(29(17)5)15-25-21(24-14-18-10-7-6-8-11-18)26-19-12-9-13-30(16-19)22(31)32-23(2,3)4/h6-8,10-11,19H,9,12-16H2,1-5H3,(H2,24,25,26). The van der Waals surface area contributed by atoms with Crippen molar-refractivity contribution in [2.24, 2.45) is 12.0 Å². The van der Waals surface area contributed by atoms with E-state index in [9.17, 15) is 4.79 Å². The molecule has 2 heterocycles. The quantitative estimate of drug-likeness (QED) is 0.547. The number of carbonyl (C=O) groups is 1. The Balaban J connectivity index is 1.66. The topological polar surface area (TPSA) is 96.7 Å². The molecule has 1 aromatic carbocycles. The summed E-state index contributed by atoms with van der Waals surface area (Å²) in [7, 11) is 1.94. The third-order valence-corrected chi connectivity index (χ3v) is 5.27. The molecule has 2 aromatic rings. The van der Waals surface area contributed by atoms with Crippen molar-refractivity contribution in [3.05, 3.63) is 47.5 Å². The molecule has 1 saturated heterocycles. The molecule has 0 bridgehead atoms. The van der Waals surface area contributed by atoms with Crippen molar-refractivity contribution in [3.8, 4) is 0 Å². The Kier molecular flexibility index (Phi) is 7.71. The number of ether oxygens (including phenoxy) is 1. The van der Waals surface area contributed by atoms with Crippen molar-refractivity contribution < 1.29 is 9.53 Å². The SMILES string of the molecule is Cc1nnc(CNC(=NCc2ccccc2)NC2CCCN(C(=O)OC(C)(C)C)C2)n1C. The van der Waals surface area contributed by atoms with Gasteiger partial charge in [-0.25, -0.2) is 9.79 Å². The molecular weight excluding hydrogens is 406 g/mol. The molecule has 3 rings (SSSR count). The molecule has 1 amide bonds. The summed E-state index contributed by atoms with van der Waals surface area (Å²) in [6.45, 7) is 9.91. The van der Waals surface area contributed by atoms with Crippen molar-refractivity contribution in [2.45, 2.75) is 65.3 Å². The minimum atomic E-state index is -0.504. The summed E-state index contributed by atoms with van der Waals surface area (Å²) in [4.78, 5) is 19.1. The van der Waals surface area contributed by atoms with Gasteiger partial charge in [-0.05, 0) is 46.1 Å². The number of guanidine groups is 1. The van der Waals surface area contributed by atoms with Gasteiger partial charge in [0.1, 0.15) is 11.4 Å². The van der Waals surface area contributed by atoms with E-state index < -0.39 is 5.60 Å². The zero-order valence-corrected chi connectivity index (χ0v) is 19.8. The van der Waals surface area contributed by atoms with Gasteiger partial charge in [-0.15, -0.1) is 10.2 Å². The van der Waals surface area contributed by atoms with Gasteiger partial charge in [0.25, 0.3) is 0 Å². The number of hydrogen-bond donors (Lipinski definition) is 2. The number of aromatic nitrogens is 3. The third kappa shape index (κ3) is 6.96. The van der Waals surface area contributed by atoms with E-state index in [0.717, 1.165) is 30.1 Å². The Morgan fingerprint density at radius 1 is 1.25 bits per heavy atom. The van der Waals surface area contributed by atoms with Crippen LogP contribution >= 0.6 is 0 Å². The summed E-state index contributed by atoms with van der Waals surface area (Å²) in [5.41, 5.74) is 0.623. The van der Waals surface area contributed by atoms with Crippen LogP contribution in [0.2, 0.25) is 0 Å². The first kappa shape index (κ1) is 23.6. The van der Waals surface area contributed by atoms with E-state index in [4.69, 9.17) is 9.73 Å². The molecule has 0 radical (unpaired) electrons. The second-order valence-electron chi connectivity index (χ2n) is 9.14. The fourth-order valence-electron chi connectivity index (χ4n) is 3.45. The van der Waals surface area contributed by atoms with E-state index in [1.807, 2.05) is 57.5 Å². The van der Waals surface area contributed by atoms with Crippen molar-refractivity contribution in [2.75, 3.05) is 13.1 Å². The molecule has 1 aliphatic heterocycles. The minimum Gasteiger partial charge on any atom is -0.444 e. The molecule has 174 valence electrons. The Morgan fingerprint density at radius 3 is 2.66 bits per heavy atom. The molecule has 2 N–H and O–H groups in total. The van der Waals surface area contributed by atoms with Crippen LogP contribution < -0.4 is 10.6 Å². The first-order chi connectivity index (χ1) is 15.2. The lowest BCUT2D eigenvalue weighted by Gasteiger charge is -2.35. The molecule has 1 aromatic heterocycles. The number of carbonyl (C=O) groups excluding carboxylic acids is 1. The van der Waals surface area contributed by atoms with Crippen LogP contribution in [0.25, 0.3) is 0 Å². The van der Waals surface area contributed by atoms with Gasteiger partial charge in [0.15, 0.2) is 11.8 Å². The molecule has 9 nitrogen and oxygen atoms in total. The maximum absolute atomic E-state index is 12.5. The zero-order chi connectivity index (χ0) is 23.1. The van der Waals surface area contributed by atoms with Gasteiger partial charge in [-0.3, -0.25) is 0 Å². The highest BCUT2D eigenvalue weighted by Gasteiger charge is 2.28. The molecule has 32 heavy (non-hydrogen) atoms. The molecule has 9 heteroatoms. The number of benzene rings is 1. The van der Waals surface area contributed by atoms with Crippen LogP contribution in [0.1, 0.15) is 50.8 Å². The van der Waals surface area contributed by atoms with Gasteiger partial charge in [-0.2, -0.15) is 0 Å². The number of amides is 1. The summed E-state index contributed by atoms with van der Waals surface area (Å²) < 4.78 is 7.50. The maximum Gasteiger partial charge on any atom is 0.410 e. The summed E-state index contributed by atoms with van der Waals surface area (Å²) in [6.07, 6.45) is 1.59. The highest BCUT2D eigenvalue weighted by Crippen LogP contribution is 2.15. The van der Waals surface area contributed by atoms with E-state index >= 15 is 0 Å². The first-order valence-electron chi connectivity index (χ1n) is 11.1. The Hall–Kier alpha value is -3.10. The van der Waals surface area contributed by atoms with Gasteiger partial charge in [0.05, 0.1) is 13.1 Å². The van der Waals surface area contributed by atoms with Crippen LogP contribution in [0.15, 0.2) is 35.3 Å². The number of rotatable bonds is 5. The van der Waals surface area contributed by atoms with E-state index in [1.54, 1.807) is 4.90 Å². The maximum atomic E-state index is 12.5. The molecule has 1 fully saturated rings. The molecule has 1 aliphatic rings. The van der Waals surface area contributed by atoms with Crippen LogP contribution in [0.5, 0.6) is 0 Å². The van der Waals surface area contributed by atoms with Crippen LogP contribution in [0.4, 0.5) is 4.79 Å². The van der Waals surface area contributed by atoms with E-state index in [0.29, 0.717) is 32.1 Å². The van der Waals surface area contributed by atoms with Crippen LogP contribution in [0, 0.1) is 6.92 Å². The van der Waals surface area contributed by atoms with Gasteiger partial charge in [0, 0.05) is 26.2 Å². The number of hydrogen-bond acceptors (Lipinski definition) is 5. The second kappa shape index (κ2) is 10.5. The number of nitrogens with one attached hydrogen (secondary N) is 2. The van der Waals surface area contributed by atoms with Crippen LogP contribution in [-0.4, -0.2) is 56.4 Å². The Labute approximate surface area is 190 Å². The fraction of sp³-hybridized carbons (Fsp3) is 0.565. The lowest BCUT2D eigenvalue weighted by atomic mass is 10.1.